The second-order valence-corrected chi connectivity index (χ2v) is 7.21. The molecule has 164 valence electrons. The average Bonchev–Trinajstić information content (AvgIpc) is 3.26. The minimum Gasteiger partial charge on any atom is -0.350 e. The van der Waals surface area contributed by atoms with Crippen molar-refractivity contribution in [2.24, 2.45) is 7.05 Å². The van der Waals surface area contributed by atoms with Crippen molar-refractivity contribution in [1.82, 2.24) is 24.3 Å². The highest BCUT2D eigenvalue weighted by molar-refractivity contribution is 6.02. The molecule has 0 radical (unpaired) electrons. The highest BCUT2D eigenvalue weighted by Gasteiger charge is 2.14. The van der Waals surface area contributed by atoms with E-state index in [2.05, 4.69) is 32.3 Å². The van der Waals surface area contributed by atoms with E-state index < -0.39 is 13.0 Å². The maximum Gasteiger partial charge on any atom is 0.257 e. The Hall–Kier alpha value is -4.08. The normalized spacial score (nSPS) is 11.2. The van der Waals surface area contributed by atoms with Gasteiger partial charge in [0.25, 0.3) is 6.43 Å². The van der Waals surface area contributed by atoms with Gasteiger partial charge in [-0.25, -0.2) is 18.7 Å². The lowest BCUT2D eigenvalue weighted by Crippen LogP contribution is -2.07. The number of benzene rings is 1. The van der Waals surface area contributed by atoms with Crippen molar-refractivity contribution in [3.63, 3.8) is 0 Å². The zero-order chi connectivity index (χ0) is 22.8. The standard InChI is InChI=1S/C22H21F2N7O/c1-4-21(32)26-14-5-6-15-16(10-30(3)19(15)9-14)17-7-8-25-22(27-17)28-18-11-31(12-20(23)24)29-13(18)2/h4-11,20H,1,12H2,2-3H3,(H,26,32)(H,25,27,28). The summed E-state index contributed by atoms with van der Waals surface area (Å²) in [5.74, 6) is 0.0477. The molecule has 0 spiro atoms. The van der Waals surface area contributed by atoms with Gasteiger partial charge >= 0.3 is 0 Å². The van der Waals surface area contributed by atoms with Gasteiger partial charge in [-0.05, 0) is 31.2 Å². The number of halogens is 2. The quantitative estimate of drug-likeness (QED) is 0.422. The number of hydrogen-bond acceptors (Lipinski definition) is 5. The van der Waals surface area contributed by atoms with Gasteiger partial charge in [-0.3, -0.25) is 9.48 Å². The summed E-state index contributed by atoms with van der Waals surface area (Å²) in [5.41, 5.74) is 4.28. The Bertz CT molecular complexity index is 1310. The maximum absolute atomic E-state index is 12.6. The molecule has 0 saturated carbocycles. The Balaban J connectivity index is 1.64. The largest absolute Gasteiger partial charge is 0.350 e. The molecule has 0 aliphatic carbocycles. The zero-order valence-electron chi connectivity index (χ0n) is 17.5. The molecule has 1 amide bonds. The first kappa shape index (κ1) is 21.2. The minimum absolute atomic E-state index is 0.280. The fraction of sp³-hybridized carbons (Fsp3) is 0.182. The van der Waals surface area contributed by atoms with Gasteiger partial charge < -0.3 is 15.2 Å². The first-order chi connectivity index (χ1) is 15.3. The van der Waals surface area contributed by atoms with Crippen LogP contribution < -0.4 is 10.6 Å². The molecule has 4 rings (SSSR count). The summed E-state index contributed by atoms with van der Waals surface area (Å²) in [6.07, 6.45) is 3.81. The second kappa shape index (κ2) is 8.58. The third kappa shape index (κ3) is 4.34. The van der Waals surface area contributed by atoms with Crippen molar-refractivity contribution in [2.75, 3.05) is 10.6 Å². The molecule has 32 heavy (non-hydrogen) atoms. The van der Waals surface area contributed by atoms with Crippen LogP contribution in [0.5, 0.6) is 0 Å². The number of anilines is 3. The molecule has 0 saturated heterocycles. The molecule has 0 bridgehead atoms. The van der Waals surface area contributed by atoms with E-state index >= 15 is 0 Å². The number of carbonyl (C=O) groups is 1. The van der Waals surface area contributed by atoms with E-state index in [-0.39, 0.29) is 5.91 Å². The van der Waals surface area contributed by atoms with Crippen LogP contribution in [-0.4, -0.2) is 36.6 Å². The van der Waals surface area contributed by atoms with Gasteiger partial charge in [0.15, 0.2) is 0 Å². The minimum atomic E-state index is -2.49. The summed E-state index contributed by atoms with van der Waals surface area (Å²) < 4.78 is 28.4. The van der Waals surface area contributed by atoms with Crippen molar-refractivity contribution >= 4 is 34.1 Å². The third-order valence-electron chi connectivity index (χ3n) is 4.89. The highest BCUT2D eigenvalue weighted by Crippen LogP contribution is 2.31. The van der Waals surface area contributed by atoms with Crippen molar-refractivity contribution in [1.29, 1.82) is 0 Å². The van der Waals surface area contributed by atoms with Crippen LogP contribution in [0.25, 0.3) is 22.2 Å². The molecule has 4 aromatic rings. The summed E-state index contributed by atoms with van der Waals surface area (Å²) in [6.45, 7) is 4.71. The van der Waals surface area contributed by atoms with Crippen LogP contribution in [0.1, 0.15) is 5.69 Å². The summed E-state index contributed by atoms with van der Waals surface area (Å²) >= 11 is 0. The monoisotopic (exact) mass is 437 g/mol. The van der Waals surface area contributed by atoms with Gasteiger partial charge in [-0.15, -0.1) is 0 Å². The van der Waals surface area contributed by atoms with E-state index in [1.54, 1.807) is 19.2 Å². The molecule has 2 N–H and O–H groups in total. The number of aromatic nitrogens is 5. The van der Waals surface area contributed by atoms with Crippen LogP contribution >= 0.6 is 0 Å². The summed E-state index contributed by atoms with van der Waals surface area (Å²) in [7, 11) is 1.91. The molecular formula is C22H21F2N7O. The fourth-order valence-corrected chi connectivity index (χ4v) is 3.42. The van der Waals surface area contributed by atoms with E-state index in [1.807, 2.05) is 36.0 Å². The Labute approximate surface area is 182 Å². The number of hydrogen-bond donors (Lipinski definition) is 2. The molecule has 1 aromatic carbocycles. The van der Waals surface area contributed by atoms with Crippen molar-refractivity contribution < 1.29 is 13.6 Å². The predicted octanol–water partition coefficient (Wildman–Crippen LogP) is 4.27. The van der Waals surface area contributed by atoms with Gasteiger partial charge in [0.1, 0.15) is 6.54 Å². The maximum atomic E-state index is 12.6. The molecule has 0 aliphatic rings. The van der Waals surface area contributed by atoms with Crippen LogP contribution in [0.2, 0.25) is 0 Å². The molecule has 3 aromatic heterocycles. The Morgan fingerprint density at radius 1 is 1.28 bits per heavy atom. The lowest BCUT2D eigenvalue weighted by molar-refractivity contribution is -0.111. The van der Waals surface area contributed by atoms with Crippen LogP contribution in [0, 0.1) is 6.92 Å². The van der Waals surface area contributed by atoms with E-state index in [0.29, 0.717) is 28.7 Å². The number of alkyl halides is 2. The highest BCUT2D eigenvalue weighted by atomic mass is 19.3. The van der Waals surface area contributed by atoms with Crippen molar-refractivity contribution in [3.8, 4) is 11.3 Å². The van der Waals surface area contributed by atoms with Gasteiger partial charge in [0.2, 0.25) is 11.9 Å². The summed E-state index contributed by atoms with van der Waals surface area (Å²) in [4.78, 5) is 20.4. The van der Waals surface area contributed by atoms with Gasteiger partial charge in [0, 0.05) is 42.3 Å². The van der Waals surface area contributed by atoms with Crippen LogP contribution in [0.3, 0.4) is 0 Å². The van der Waals surface area contributed by atoms with Crippen LogP contribution in [-0.2, 0) is 18.4 Å². The Morgan fingerprint density at radius 2 is 2.09 bits per heavy atom. The molecule has 0 unspecified atom stereocenters. The smallest absolute Gasteiger partial charge is 0.257 e. The van der Waals surface area contributed by atoms with Crippen LogP contribution in [0.4, 0.5) is 26.1 Å². The number of nitrogens with one attached hydrogen (secondary N) is 2. The Kier molecular flexibility index (Phi) is 5.67. The average molecular weight is 437 g/mol. The molecule has 8 nitrogen and oxygen atoms in total. The summed E-state index contributed by atoms with van der Waals surface area (Å²) in [5, 5.41) is 10.8. The molecule has 10 heteroatoms. The molecule has 0 atom stereocenters. The lowest BCUT2D eigenvalue weighted by atomic mass is 10.1. The van der Waals surface area contributed by atoms with Gasteiger partial charge in [-0.2, -0.15) is 5.10 Å². The predicted molar refractivity (Wildman–Crippen MR) is 119 cm³/mol. The first-order valence-electron chi connectivity index (χ1n) is 9.79. The third-order valence-corrected chi connectivity index (χ3v) is 4.89. The van der Waals surface area contributed by atoms with Crippen molar-refractivity contribution in [2.45, 2.75) is 19.9 Å². The topological polar surface area (TPSA) is 89.7 Å². The van der Waals surface area contributed by atoms with Crippen LogP contribution in [0.15, 0.2) is 55.5 Å². The van der Waals surface area contributed by atoms with Gasteiger partial charge in [-0.1, -0.05) is 12.6 Å². The Morgan fingerprint density at radius 3 is 2.84 bits per heavy atom. The molecule has 0 fully saturated rings. The van der Waals surface area contributed by atoms with E-state index in [0.717, 1.165) is 16.5 Å². The molecule has 0 aliphatic heterocycles. The molecular weight excluding hydrogens is 416 g/mol. The fourth-order valence-electron chi connectivity index (χ4n) is 3.42. The summed E-state index contributed by atoms with van der Waals surface area (Å²) in [6, 6.07) is 7.40. The van der Waals surface area contributed by atoms with E-state index in [1.165, 1.54) is 17.0 Å². The molecule has 3 heterocycles. The first-order valence-corrected chi connectivity index (χ1v) is 9.79. The van der Waals surface area contributed by atoms with Crippen molar-refractivity contribution in [3.05, 3.63) is 61.2 Å². The second-order valence-electron chi connectivity index (χ2n) is 7.21. The van der Waals surface area contributed by atoms with E-state index in [4.69, 9.17) is 0 Å². The number of fused-ring (bicyclic) bond motifs is 1. The lowest BCUT2D eigenvalue weighted by Gasteiger charge is -2.06. The number of amides is 1. The number of nitrogens with zero attached hydrogens (tertiary/aromatic N) is 5. The van der Waals surface area contributed by atoms with E-state index in [9.17, 15) is 13.6 Å². The number of aryl methyl sites for hydroxylation is 2. The SMILES string of the molecule is C=CC(=O)Nc1ccc2c(-c3ccnc(Nc4cn(CC(F)F)nc4C)n3)cn(C)c2c1. The number of carbonyl (C=O) groups excluding carboxylic acids is 1. The zero-order valence-corrected chi connectivity index (χ0v) is 17.5. The van der Waals surface area contributed by atoms with Gasteiger partial charge in [0.05, 0.1) is 22.6 Å². The number of rotatable bonds is 7.